The maximum absolute atomic E-state index is 12.2. The molecule has 0 amide bonds. The number of benzene rings is 1. The van der Waals surface area contributed by atoms with Gasteiger partial charge in [0.25, 0.3) is 10.0 Å². The third kappa shape index (κ3) is 3.66. The monoisotopic (exact) mass is 285 g/mol. The largest absolute Gasteiger partial charge is 0.497 e. The topological polar surface area (TPSA) is 61.9 Å². The van der Waals surface area contributed by atoms with Gasteiger partial charge in [0, 0.05) is 26.2 Å². The minimum atomic E-state index is -3.50. The van der Waals surface area contributed by atoms with Gasteiger partial charge < -0.3 is 9.64 Å². The summed E-state index contributed by atoms with van der Waals surface area (Å²) in [6.07, 6.45) is 0. The Labute approximate surface area is 114 Å². The van der Waals surface area contributed by atoms with Crippen LogP contribution in [0.4, 0.5) is 0 Å². The molecule has 1 aliphatic rings. The standard InChI is InChI=1S/C12H19N3O3S/c1-14-7-9-15(10-8-14)13-19(16,17)12-5-3-11(18-2)4-6-12/h3-6,13H,7-10H2,1-2H3. The van der Waals surface area contributed by atoms with E-state index in [1.165, 1.54) is 12.1 Å². The lowest BCUT2D eigenvalue weighted by Crippen LogP contribution is -2.52. The molecule has 0 bridgehead atoms. The van der Waals surface area contributed by atoms with E-state index in [1.807, 2.05) is 7.05 Å². The number of nitrogens with zero attached hydrogens (tertiary/aromatic N) is 2. The van der Waals surface area contributed by atoms with Crippen LogP contribution >= 0.6 is 0 Å². The molecular weight excluding hydrogens is 266 g/mol. The van der Waals surface area contributed by atoms with Crippen molar-refractivity contribution in [1.29, 1.82) is 0 Å². The fourth-order valence-electron chi connectivity index (χ4n) is 1.88. The molecule has 0 aromatic heterocycles. The van der Waals surface area contributed by atoms with Crippen LogP contribution in [-0.4, -0.2) is 58.7 Å². The van der Waals surface area contributed by atoms with Gasteiger partial charge >= 0.3 is 0 Å². The zero-order valence-electron chi connectivity index (χ0n) is 11.2. The molecule has 0 saturated carbocycles. The Hall–Kier alpha value is -1.15. The van der Waals surface area contributed by atoms with Crippen molar-refractivity contribution in [2.75, 3.05) is 40.3 Å². The van der Waals surface area contributed by atoms with Crippen LogP contribution in [-0.2, 0) is 10.0 Å². The molecule has 1 aromatic rings. The van der Waals surface area contributed by atoms with E-state index in [9.17, 15) is 8.42 Å². The van der Waals surface area contributed by atoms with Crippen LogP contribution in [0.15, 0.2) is 29.2 Å². The Kier molecular flexibility index (Phi) is 4.41. The molecule has 0 spiro atoms. The number of likely N-dealkylation sites (N-methyl/N-ethyl adjacent to an activating group) is 1. The molecule has 1 N–H and O–H groups in total. The normalized spacial score (nSPS) is 18.4. The molecule has 1 aromatic carbocycles. The molecule has 0 radical (unpaired) electrons. The van der Waals surface area contributed by atoms with Crippen LogP contribution in [0.5, 0.6) is 5.75 Å². The summed E-state index contributed by atoms with van der Waals surface area (Å²) >= 11 is 0. The number of hydrogen-bond acceptors (Lipinski definition) is 5. The van der Waals surface area contributed by atoms with Gasteiger partial charge in [-0.25, -0.2) is 13.4 Å². The lowest BCUT2D eigenvalue weighted by Gasteiger charge is -2.32. The quantitative estimate of drug-likeness (QED) is 0.852. The van der Waals surface area contributed by atoms with E-state index < -0.39 is 10.0 Å². The molecule has 1 heterocycles. The fraction of sp³-hybridized carbons (Fsp3) is 0.500. The van der Waals surface area contributed by atoms with E-state index in [4.69, 9.17) is 4.74 Å². The van der Waals surface area contributed by atoms with Gasteiger partial charge in [0.1, 0.15) is 5.75 Å². The summed E-state index contributed by atoms with van der Waals surface area (Å²) < 4.78 is 29.4. The van der Waals surface area contributed by atoms with Crippen LogP contribution in [0.1, 0.15) is 0 Å². The average Bonchev–Trinajstić information content (AvgIpc) is 2.41. The number of hydrazine groups is 1. The number of piperazine rings is 1. The number of sulfonamides is 1. The van der Waals surface area contributed by atoms with Gasteiger partial charge in [-0.05, 0) is 31.3 Å². The van der Waals surface area contributed by atoms with Crippen molar-refractivity contribution >= 4 is 10.0 Å². The van der Waals surface area contributed by atoms with Crippen molar-refractivity contribution in [3.05, 3.63) is 24.3 Å². The minimum absolute atomic E-state index is 0.243. The number of methoxy groups -OCH3 is 1. The molecule has 1 aliphatic heterocycles. The highest BCUT2D eigenvalue weighted by molar-refractivity contribution is 7.89. The molecule has 0 atom stereocenters. The Morgan fingerprint density at radius 2 is 1.68 bits per heavy atom. The lowest BCUT2D eigenvalue weighted by atomic mass is 10.3. The van der Waals surface area contributed by atoms with Gasteiger partial charge in [-0.15, -0.1) is 4.83 Å². The van der Waals surface area contributed by atoms with Gasteiger partial charge in [0.15, 0.2) is 0 Å². The lowest BCUT2D eigenvalue weighted by molar-refractivity contribution is 0.135. The van der Waals surface area contributed by atoms with E-state index in [2.05, 4.69) is 9.73 Å². The van der Waals surface area contributed by atoms with Crippen molar-refractivity contribution in [2.45, 2.75) is 4.90 Å². The first-order chi connectivity index (χ1) is 9.01. The molecule has 6 nitrogen and oxygen atoms in total. The SMILES string of the molecule is COc1ccc(S(=O)(=O)NN2CCN(C)CC2)cc1. The summed E-state index contributed by atoms with van der Waals surface area (Å²) in [4.78, 5) is 5.02. The molecule has 1 saturated heterocycles. The van der Waals surface area contributed by atoms with Gasteiger partial charge in [-0.1, -0.05) is 0 Å². The number of hydrogen-bond donors (Lipinski definition) is 1. The predicted molar refractivity (Wildman–Crippen MR) is 72.4 cm³/mol. The second-order valence-corrected chi connectivity index (χ2v) is 6.22. The summed E-state index contributed by atoms with van der Waals surface area (Å²) in [5.41, 5.74) is 0. The Balaban J connectivity index is 2.05. The van der Waals surface area contributed by atoms with Crippen molar-refractivity contribution in [3.8, 4) is 5.75 Å². The van der Waals surface area contributed by atoms with Gasteiger partial charge in [-0.3, -0.25) is 0 Å². The van der Waals surface area contributed by atoms with Gasteiger partial charge in [-0.2, -0.15) is 0 Å². The van der Waals surface area contributed by atoms with Crippen molar-refractivity contribution in [1.82, 2.24) is 14.7 Å². The van der Waals surface area contributed by atoms with Gasteiger partial charge in [0.2, 0.25) is 0 Å². The van der Waals surface area contributed by atoms with E-state index >= 15 is 0 Å². The van der Waals surface area contributed by atoms with Crippen LogP contribution in [0, 0.1) is 0 Å². The van der Waals surface area contributed by atoms with Crippen LogP contribution in [0.3, 0.4) is 0 Å². The van der Waals surface area contributed by atoms with E-state index in [0.29, 0.717) is 18.8 Å². The second-order valence-electron chi connectivity index (χ2n) is 4.56. The molecule has 0 unspecified atom stereocenters. The summed E-state index contributed by atoms with van der Waals surface area (Å²) in [7, 11) is 0.0702. The van der Waals surface area contributed by atoms with Gasteiger partial charge in [0.05, 0.1) is 12.0 Å². The molecule has 7 heteroatoms. The highest BCUT2D eigenvalue weighted by atomic mass is 32.2. The smallest absolute Gasteiger partial charge is 0.253 e. The summed E-state index contributed by atoms with van der Waals surface area (Å²) in [5, 5.41) is 1.74. The molecule has 2 rings (SSSR count). The highest BCUT2D eigenvalue weighted by Gasteiger charge is 2.21. The Bertz CT molecular complexity index is 508. The molecule has 19 heavy (non-hydrogen) atoms. The zero-order valence-corrected chi connectivity index (χ0v) is 12.0. The van der Waals surface area contributed by atoms with Crippen LogP contribution in [0.25, 0.3) is 0 Å². The third-order valence-electron chi connectivity index (χ3n) is 3.12. The Morgan fingerprint density at radius 1 is 1.11 bits per heavy atom. The molecule has 1 fully saturated rings. The van der Waals surface area contributed by atoms with Crippen molar-refractivity contribution in [3.63, 3.8) is 0 Å². The highest BCUT2D eigenvalue weighted by Crippen LogP contribution is 2.15. The second kappa shape index (κ2) is 5.87. The predicted octanol–water partition coefficient (Wildman–Crippen LogP) is 0.136. The minimum Gasteiger partial charge on any atom is -0.497 e. The van der Waals surface area contributed by atoms with Crippen molar-refractivity contribution in [2.24, 2.45) is 0 Å². The third-order valence-corrected chi connectivity index (χ3v) is 4.51. The summed E-state index contributed by atoms with van der Waals surface area (Å²) in [6.45, 7) is 3.08. The molecule has 106 valence electrons. The van der Waals surface area contributed by atoms with Crippen LogP contribution < -0.4 is 9.57 Å². The molecular formula is C12H19N3O3S. The first kappa shape index (κ1) is 14.3. The zero-order chi connectivity index (χ0) is 13.9. The first-order valence-corrected chi connectivity index (χ1v) is 7.59. The van der Waals surface area contributed by atoms with Crippen LogP contribution in [0.2, 0.25) is 0 Å². The van der Waals surface area contributed by atoms with E-state index in [-0.39, 0.29) is 4.90 Å². The maximum Gasteiger partial charge on any atom is 0.253 e. The Morgan fingerprint density at radius 3 is 2.21 bits per heavy atom. The maximum atomic E-state index is 12.2. The average molecular weight is 285 g/mol. The summed E-state index contributed by atoms with van der Waals surface area (Å²) in [6, 6.07) is 6.35. The molecule has 0 aliphatic carbocycles. The van der Waals surface area contributed by atoms with Crippen molar-refractivity contribution < 1.29 is 13.2 Å². The number of ether oxygens (including phenoxy) is 1. The van der Waals surface area contributed by atoms with E-state index in [0.717, 1.165) is 13.1 Å². The first-order valence-electron chi connectivity index (χ1n) is 6.11. The van der Waals surface area contributed by atoms with E-state index in [1.54, 1.807) is 24.3 Å². The summed E-state index contributed by atoms with van der Waals surface area (Å²) in [5.74, 6) is 0.638. The number of nitrogens with one attached hydrogen (secondary N) is 1. The fourth-order valence-corrected chi connectivity index (χ4v) is 3.00. The number of rotatable bonds is 4.